The molecule has 1 aromatic heterocycles. The zero-order valence-electron chi connectivity index (χ0n) is 13.9. The molecule has 0 bridgehead atoms. The summed E-state index contributed by atoms with van der Waals surface area (Å²) in [6.07, 6.45) is 0.913. The Morgan fingerprint density at radius 1 is 1.00 bits per heavy atom. The minimum atomic E-state index is -2.29. The monoisotopic (exact) mass is 430 g/mol. The predicted molar refractivity (Wildman–Crippen MR) is 93.6 cm³/mol. The maximum Gasteiger partial charge on any atom is 0.335 e. The summed E-state index contributed by atoms with van der Waals surface area (Å²) in [4.78, 5) is 11.1. The third-order valence-corrected chi connectivity index (χ3v) is 4.01. The smallest absolute Gasteiger partial charge is 0.335 e. The Hall–Kier alpha value is -3.40. The Kier molecular flexibility index (Phi) is 5.55. The van der Waals surface area contributed by atoms with Gasteiger partial charge in [-0.2, -0.15) is 5.10 Å². The molecule has 29 heavy (non-hydrogen) atoms. The zero-order valence-corrected chi connectivity index (χ0v) is 14.7. The first kappa shape index (κ1) is 20.3. The molecule has 3 rings (SSSR count). The van der Waals surface area contributed by atoms with Crippen LogP contribution in [0.3, 0.4) is 0 Å². The summed E-state index contributed by atoms with van der Waals surface area (Å²) in [6, 6.07) is 6.72. The fraction of sp³-hybridized carbons (Fsp3) is 0. The maximum atomic E-state index is 13.6. The van der Waals surface area contributed by atoms with E-state index >= 15 is 0 Å². The Bertz CT molecular complexity index is 1120. The van der Waals surface area contributed by atoms with Gasteiger partial charge in [0.05, 0.1) is 16.8 Å². The number of carboxylic acid groups (broad SMARTS) is 1. The fourth-order valence-electron chi connectivity index (χ4n) is 2.28. The van der Waals surface area contributed by atoms with E-state index in [1.807, 2.05) is 0 Å². The molecule has 2 N–H and O–H groups in total. The van der Waals surface area contributed by atoms with E-state index in [4.69, 9.17) is 21.1 Å². The van der Waals surface area contributed by atoms with Crippen LogP contribution in [0.2, 0.25) is 5.02 Å². The van der Waals surface area contributed by atoms with Crippen LogP contribution in [0.15, 0.2) is 39.9 Å². The van der Waals surface area contributed by atoms with E-state index in [1.165, 1.54) is 30.3 Å². The van der Waals surface area contributed by atoms with E-state index in [-0.39, 0.29) is 27.7 Å². The van der Waals surface area contributed by atoms with Crippen molar-refractivity contribution < 1.29 is 36.3 Å². The minimum absolute atomic E-state index is 0.0215. The van der Waals surface area contributed by atoms with Gasteiger partial charge in [-0.15, -0.1) is 0 Å². The lowest BCUT2D eigenvalue weighted by atomic mass is 10.1. The van der Waals surface area contributed by atoms with Crippen molar-refractivity contribution in [3.05, 3.63) is 75.8 Å². The average Bonchev–Trinajstić information content (AvgIpc) is 3.16. The molecule has 0 saturated heterocycles. The van der Waals surface area contributed by atoms with Gasteiger partial charge in [-0.1, -0.05) is 11.6 Å². The average molecular weight is 431 g/mol. The first-order valence-electron chi connectivity index (χ1n) is 7.64. The number of aromatic carboxylic acids is 1. The second kappa shape index (κ2) is 7.92. The molecule has 150 valence electrons. The van der Waals surface area contributed by atoms with E-state index in [1.54, 1.807) is 5.43 Å². The molecule has 5 nitrogen and oxygen atoms in total. The van der Waals surface area contributed by atoms with Gasteiger partial charge in [0, 0.05) is 5.56 Å². The quantitative estimate of drug-likeness (QED) is 0.186. The van der Waals surface area contributed by atoms with Crippen LogP contribution in [0.25, 0.3) is 11.3 Å². The lowest BCUT2D eigenvalue weighted by Crippen LogP contribution is -2.06. The number of nitrogens with zero attached hydrogens (tertiary/aromatic N) is 1. The van der Waals surface area contributed by atoms with Crippen LogP contribution in [0.4, 0.5) is 27.6 Å². The number of furan rings is 1. The Labute approximate surface area is 164 Å². The molecule has 2 aromatic carbocycles. The van der Waals surface area contributed by atoms with Gasteiger partial charge in [-0.3, -0.25) is 5.43 Å². The molecule has 1 heterocycles. The van der Waals surface area contributed by atoms with Crippen LogP contribution in [-0.2, 0) is 0 Å². The highest BCUT2D eigenvalue weighted by molar-refractivity contribution is 6.33. The van der Waals surface area contributed by atoms with Gasteiger partial charge in [0.25, 0.3) is 0 Å². The molecule has 0 saturated carbocycles. The lowest BCUT2D eigenvalue weighted by Gasteiger charge is -2.06. The summed E-state index contributed by atoms with van der Waals surface area (Å²) < 4.78 is 71.8. The van der Waals surface area contributed by atoms with Crippen LogP contribution >= 0.6 is 11.6 Å². The molecule has 0 aliphatic carbocycles. The summed E-state index contributed by atoms with van der Waals surface area (Å²) in [5.41, 5.74) is 0.625. The van der Waals surface area contributed by atoms with Crippen molar-refractivity contribution in [2.75, 3.05) is 5.43 Å². The SMILES string of the molecule is O=C(O)c1ccc(Cl)c(-c2ccc(/C=N\Nc3c(F)c(F)c(F)c(F)c3F)o2)c1. The summed E-state index contributed by atoms with van der Waals surface area (Å²) in [5, 5.41) is 12.6. The van der Waals surface area contributed by atoms with Crippen molar-refractivity contribution in [3.63, 3.8) is 0 Å². The largest absolute Gasteiger partial charge is 0.478 e. The van der Waals surface area contributed by atoms with Crippen molar-refractivity contribution in [1.29, 1.82) is 0 Å². The number of carbonyl (C=O) groups is 1. The Morgan fingerprint density at radius 2 is 1.62 bits per heavy atom. The molecule has 0 atom stereocenters. The van der Waals surface area contributed by atoms with Crippen LogP contribution in [0.5, 0.6) is 0 Å². The number of hydrogen-bond acceptors (Lipinski definition) is 4. The molecule has 0 aliphatic rings. The second-order valence-electron chi connectivity index (χ2n) is 5.52. The molecule has 0 fully saturated rings. The van der Waals surface area contributed by atoms with Gasteiger partial charge in [0.15, 0.2) is 23.3 Å². The number of nitrogens with one attached hydrogen (secondary N) is 1. The van der Waals surface area contributed by atoms with Gasteiger partial charge >= 0.3 is 5.97 Å². The van der Waals surface area contributed by atoms with Crippen LogP contribution in [0.1, 0.15) is 16.1 Å². The van der Waals surface area contributed by atoms with E-state index < -0.39 is 40.7 Å². The van der Waals surface area contributed by atoms with Crippen molar-refractivity contribution in [1.82, 2.24) is 0 Å². The minimum Gasteiger partial charge on any atom is -0.478 e. The van der Waals surface area contributed by atoms with Gasteiger partial charge in [0.2, 0.25) is 5.82 Å². The standard InChI is InChI=1S/C18H8ClF5N2O3/c19-10-3-1-7(18(27)28)5-9(10)11-4-2-8(29-11)6-25-26-17-15(23)13(21)12(20)14(22)16(17)24/h1-6,26H,(H,27,28)/b25-6-. The molecule has 0 amide bonds. The van der Waals surface area contributed by atoms with E-state index in [2.05, 4.69) is 5.10 Å². The summed E-state index contributed by atoms with van der Waals surface area (Å²) >= 11 is 6.02. The van der Waals surface area contributed by atoms with Gasteiger partial charge in [-0.25, -0.2) is 26.7 Å². The summed E-state index contributed by atoms with van der Waals surface area (Å²) in [7, 11) is 0. The van der Waals surface area contributed by atoms with Crippen molar-refractivity contribution in [3.8, 4) is 11.3 Å². The molecular formula is C18H8ClF5N2O3. The first-order chi connectivity index (χ1) is 13.7. The molecule has 0 radical (unpaired) electrons. The van der Waals surface area contributed by atoms with Crippen LogP contribution < -0.4 is 5.43 Å². The topological polar surface area (TPSA) is 74.8 Å². The normalized spacial score (nSPS) is 11.2. The van der Waals surface area contributed by atoms with Crippen LogP contribution in [-0.4, -0.2) is 17.3 Å². The predicted octanol–water partition coefficient (Wildman–Crippen LogP) is 5.44. The van der Waals surface area contributed by atoms with Gasteiger partial charge in [-0.05, 0) is 30.3 Å². The number of benzene rings is 2. The maximum absolute atomic E-state index is 13.6. The number of carboxylic acids is 1. The van der Waals surface area contributed by atoms with E-state index in [9.17, 15) is 26.7 Å². The fourth-order valence-corrected chi connectivity index (χ4v) is 2.49. The summed E-state index contributed by atoms with van der Waals surface area (Å²) in [5.74, 6) is -11.7. The highest BCUT2D eigenvalue weighted by Gasteiger charge is 2.25. The molecule has 3 aromatic rings. The third kappa shape index (κ3) is 3.92. The van der Waals surface area contributed by atoms with Crippen molar-refractivity contribution >= 4 is 29.5 Å². The highest BCUT2D eigenvalue weighted by Crippen LogP contribution is 2.30. The molecule has 11 heteroatoms. The Balaban J connectivity index is 1.84. The highest BCUT2D eigenvalue weighted by atomic mass is 35.5. The number of anilines is 1. The molecular weight excluding hydrogens is 423 g/mol. The number of halogens is 6. The van der Waals surface area contributed by atoms with Crippen LogP contribution in [0, 0.1) is 29.1 Å². The molecule has 0 spiro atoms. The van der Waals surface area contributed by atoms with E-state index in [0.29, 0.717) is 0 Å². The van der Waals surface area contributed by atoms with Crippen molar-refractivity contribution in [2.24, 2.45) is 5.10 Å². The van der Waals surface area contributed by atoms with Gasteiger partial charge in [0.1, 0.15) is 17.2 Å². The lowest BCUT2D eigenvalue weighted by molar-refractivity contribution is 0.0697. The van der Waals surface area contributed by atoms with Crippen molar-refractivity contribution in [2.45, 2.75) is 0 Å². The van der Waals surface area contributed by atoms with Gasteiger partial charge < -0.3 is 9.52 Å². The first-order valence-corrected chi connectivity index (χ1v) is 8.02. The number of hydrogen-bond donors (Lipinski definition) is 2. The molecule has 0 aliphatic heterocycles. The summed E-state index contributed by atoms with van der Waals surface area (Å²) in [6.45, 7) is 0. The zero-order chi connectivity index (χ0) is 21.3. The molecule has 0 unspecified atom stereocenters. The third-order valence-electron chi connectivity index (χ3n) is 3.68. The Morgan fingerprint density at radius 3 is 2.24 bits per heavy atom. The number of hydrazone groups is 1. The van der Waals surface area contributed by atoms with E-state index in [0.717, 1.165) is 6.21 Å². The number of rotatable bonds is 5. The second-order valence-corrected chi connectivity index (χ2v) is 5.92.